The molecule has 0 aromatic carbocycles. The van der Waals surface area contributed by atoms with E-state index in [2.05, 4.69) is 34.4 Å². The van der Waals surface area contributed by atoms with E-state index < -0.39 is 0 Å². The summed E-state index contributed by atoms with van der Waals surface area (Å²) in [5, 5.41) is 0. The Balaban J connectivity index is 0.000000561. The van der Waals surface area contributed by atoms with Crippen LogP contribution in [0.15, 0.2) is 0 Å². The Hall–Kier alpha value is 0.690. The largest absolute Gasteiger partial charge is 0.303 e. The first-order chi connectivity index (χ1) is 5.93. The fourth-order valence-electron chi connectivity index (χ4n) is 1.56. The van der Waals surface area contributed by atoms with Gasteiger partial charge in [-0.1, -0.05) is 42.4 Å². The van der Waals surface area contributed by atoms with Gasteiger partial charge in [-0.2, -0.15) is 0 Å². The molecular weight excluding hydrogens is 261 g/mol. The van der Waals surface area contributed by atoms with Gasteiger partial charge in [0.15, 0.2) is 0 Å². The SMILES string of the molecule is CCCCN1CCCCC1.CI. The zero-order valence-electron chi connectivity index (χ0n) is 8.48. The number of unbranched alkanes of at least 4 members (excludes halogenated alkanes) is 1. The van der Waals surface area contributed by atoms with Gasteiger partial charge in [0.25, 0.3) is 0 Å². The number of rotatable bonds is 3. The van der Waals surface area contributed by atoms with E-state index in [0.717, 1.165) is 0 Å². The third-order valence-electron chi connectivity index (χ3n) is 2.28. The lowest BCUT2D eigenvalue weighted by atomic mass is 10.1. The Bertz CT molecular complexity index is 79.9. The third-order valence-corrected chi connectivity index (χ3v) is 2.28. The van der Waals surface area contributed by atoms with Crippen LogP contribution in [0.25, 0.3) is 0 Å². The molecule has 0 atom stereocenters. The van der Waals surface area contributed by atoms with E-state index in [4.69, 9.17) is 0 Å². The summed E-state index contributed by atoms with van der Waals surface area (Å²) in [6.07, 6.45) is 7.06. The molecule has 1 heterocycles. The summed E-state index contributed by atoms with van der Waals surface area (Å²) in [5.74, 6) is 0. The Morgan fingerprint density at radius 1 is 1.08 bits per heavy atom. The molecule has 0 amide bonds. The van der Waals surface area contributed by atoms with Crippen LogP contribution in [0.3, 0.4) is 0 Å². The van der Waals surface area contributed by atoms with Crippen LogP contribution in [0.2, 0.25) is 0 Å². The van der Waals surface area contributed by atoms with Gasteiger partial charge >= 0.3 is 0 Å². The minimum absolute atomic E-state index is 1.34. The van der Waals surface area contributed by atoms with Crippen molar-refractivity contribution in [2.45, 2.75) is 39.0 Å². The molecule has 74 valence electrons. The fourth-order valence-corrected chi connectivity index (χ4v) is 1.56. The normalized spacial score (nSPS) is 18.2. The first-order valence-corrected chi connectivity index (χ1v) is 7.19. The Morgan fingerprint density at radius 2 is 1.67 bits per heavy atom. The summed E-state index contributed by atoms with van der Waals surface area (Å²) < 4.78 is 0. The third kappa shape index (κ3) is 6.23. The van der Waals surface area contributed by atoms with E-state index in [-0.39, 0.29) is 0 Å². The first kappa shape index (κ1) is 12.7. The molecular formula is C10H22IN. The molecule has 0 unspecified atom stereocenters. The fraction of sp³-hybridized carbons (Fsp3) is 1.00. The molecule has 0 bridgehead atoms. The molecule has 1 aliphatic rings. The second-order valence-corrected chi connectivity index (χ2v) is 3.26. The summed E-state index contributed by atoms with van der Waals surface area (Å²) in [4.78, 5) is 4.57. The van der Waals surface area contributed by atoms with Crippen molar-refractivity contribution >= 4 is 22.6 Å². The van der Waals surface area contributed by atoms with Gasteiger partial charge in [0.2, 0.25) is 0 Å². The molecule has 0 aliphatic carbocycles. The van der Waals surface area contributed by atoms with Gasteiger partial charge in [-0.3, -0.25) is 0 Å². The zero-order valence-corrected chi connectivity index (χ0v) is 10.6. The van der Waals surface area contributed by atoms with Gasteiger partial charge in [-0.15, -0.1) is 0 Å². The predicted molar refractivity (Wildman–Crippen MR) is 65.1 cm³/mol. The Kier molecular flexibility index (Phi) is 10.3. The lowest BCUT2D eigenvalue weighted by molar-refractivity contribution is 0.226. The average molecular weight is 283 g/mol. The molecule has 0 radical (unpaired) electrons. The monoisotopic (exact) mass is 283 g/mol. The molecule has 0 spiro atoms. The van der Waals surface area contributed by atoms with Gasteiger partial charge < -0.3 is 4.90 Å². The van der Waals surface area contributed by atoms with Gasteiger partial charge in [0.1, 0.15) is 0 Å². The van der Waals surface area contributed by atoms with E-state index in [0.29, 0.717) is 0 Å². The number of likely N-dealkylation sites (tertiary alicyclic amines) is 1. The van der Waals surface area contributed by atoms with Crippen molar-refractivity contribution in [2.75, 3.05) is 24.6 Å². The van der Waals surface area contributed by atoms with Crippen LogP contribution in [0.4, 0.5) is 0 Å². The first-order valence-electron chi connectivity index (χ1n) is 5.03. The minimum Gasteiger partial charge on any atom is -0.303 e. The highest BCUT2D eigenvalue weighted by Crippen LogP contribution is 2.08. The molecule has 1 aliphatic heterocycles. The maximum atomic E-state index is 2.60. The molecule has 0 saturated carbocycles. The Morgan fingerprint density at radius 3 is 2.17 bits per heavy atom. The van der Waals surface area contributed by atoms with Crippen LogP contribution < -0.4 is 0 Å². The van der Waals surface area contributed by atoms with Crippen molar-refractivity contribution in [3.05, 3.63) is 0 Å². The predicted octanol–water partition coefficient (Wildman–Crippen LogP) is 3.32. The zero-order chi connectivity index (χ0) is 9.23. The summed E-state index contributed by atoms with van der Waals surface area (Å²) in [5.41, 5.74) is 0. The van der Waals surface area contributed by atoms with Crippen LogP contribution in [0.5, 0.6) is 0 Å². The van der Waals surface area contributed by atoms with Gasteiger partial charge in [0.05, 0.1) is 0 Å². The topological polar surface area (TPSA) is 3.24 Å². The van der Waals surface area contributed by atoms with Crippen LogP contribution in [0, 0.1) is 0 Å². The molecule has 0 N–H and O–H groups in total. The number of halogens is 1. The number of nitrogens with zero attached hydrogens (tertiary/aromatic N) is 1. The molecule has 1 rings (SSSR count). The van der Waals surface area contributed by atoms with Gasteiger partial charge in [-0.25, -0.2) is 0 Å². The van der Waals surface area contributed by atoms with Gasteiger partial charge in [0, 0.05) is 0 Å². The number of hydrogen-bond acceptors (Lipinski definition) is 1. The minimum atomic E-state index is 1.34. The summed E-state index contributed by atoms with van der Waals surface area (Å²) in [6.45, 7) is 6.33. The van der Waals surface area contributed by atoms with Crippen molar-refractivity contribution in [3.8, 4) is 0 Å². The highest BCUT2D eigenvalue weighted by atomic mass is 127. The van der Waals surface area contributed by atoms with Crippen molar-refractivity contribution in [3.63, 3.8) is 0 Å². The smallest absolute Gasteiger partial charge is 0.00187 e. The number of hydrogen-bond donors (Lipinski definition) is 0. The van der Waals surface area contributed by atoms with Crippen molar-refractivity contribution in [1.82, 2.24) is 4.90 Å². The maximum Gasteiger partial charge on any atom is -0.00187 e. The van der Waals surface area contributed by atoms with Crippen molar-refractivity contribution in [1.29, 1.82) is 0 Å². The molecule has 1 nitrogen and oxygen atoms in total. The standard InChI is InChI=1S/C9H19N.CH3I/c1-2-3-7-10-8-5-4-6-9-10;1-2/h2-9H2,1H3;1H3. The lowest BCUT2D eigenvalue weighted by Crippen LogP contribution is -2.30. The second kappa shape index (κ2) is 9.78. The average Bonchev–Trinajstić information content (AvgIpc) is 2.19. The number of piperidine rings is 1. The van der Waals surface area contributed by atoms with Crippen molar-refractivity contribution < 1.29 is 0 Å². The second-order valence-electron chi connectivity index (χ2n) is 3.26. The molecule has 1 fully saturated rings. The van der Waals surface area contributed by atoms with E-state index in [1.165, 1.54) is 51.7 Å². The maximum absolute atomic E-state index is 2.60. The van der Waals surface area contributed by atoms with E-state index in [9.17, 15) is 0 Å². The molecule has 1 saturated heterocycles. The van der Waals surface area contributed by atoms with E-state index in [1.54, 1.807) is 0 Å². The van der Waals surface area contributed by atoms with Crippen LogP contribution >= 0.6 is 22.6 Å². The summed E-state index contributed by atoms with van der Waals surface area (Å²) >= 11 is 2.15. The molecule has 2 heteroatoms. The van der Waals surface area contributed by atoms with Crippen LogP contribution in [0.1, 0.15) is 39.0 Å². The highest BCUT2D eigenvalue weighted by molar-refractivity contribution is 14.1. The molecule has 0 aromatic heterocycles. The molecule has 0 aromatic rings. The van der Waals surface area contributed by atoms with Crippen LogP contribution in [-0.4, -0.2) is 29.5 Å². The quantitative estimate of drug-likeness (QED) is 0.567. The molecule has 12 heavy (non-hydrogen) atoms. The Labute approximate surface area is 91.0 Å². The summed E-state index contributed by atoms with van der Waals surface area (Å²) in [6, 6.07) is 0. The lowest BCUT2D eigenvalue weighted by Gasteiger charge is -2.25. The highest BCUT2D eigenvalue weighted by Gasteiger charge is 2.07. The summed E-state index contributed by atoms with van der Waals surface area (Å²) in [7, 11) is 0. The van der Waals surface area contributed by atoms with Crippen LogP contribution in [-0.2, 0) is 0 Å². The van der Waals surface area contributed by atoms with E-state index >= 15 is 0 Å². The van der Waals surface area contributed by atoms with Gasteiger partial charge in [-0.05, 0) is 43.8 Å². The van der Waals surface area contributed by atoms with Crippen molar-refractivity contribution in [2.24, 2.45) is 0 Å². The van der Waals surface area contributed by atoms with E-state index in [1.807, 2.05) is 4.93 Å². The number of alkyl halides is 1.